The van der Waals surface area contributed by atoms with Crippen LogP contribution in [0, 0.1) is 0 Å². The molecule has 0 aliphatic carbocycles. The number of anilines is 2. The van der Waals surface area contributed by atoms with Gasteiger partial charge in [-0.05, 0) is 38.8 Å². The lowest BCUT2D eigenvalue weighted by Crippen LogP contribution is -2.49. The van der Waals surface area contributed by atoms with Gasteiger partial charge >= 0.3 is 12.2 Å². The largest absolute Gasteiger partial charge is 0.397 e. The van der Waals surface area contributed by atoms with E-state index in [-0.39, 0.29) is 11.9 Å². The molecule has 1 aromatic heterocycles. The molecular weight excluding hydrogens is 497 g/mol. The number of halogens is 4. The lowest BCUT2D eigenvalue weighted by molar-refractivity contribution is -0.131. The van der Waals surface area contributed by atoms with Gasteiger partial charge in [0.1, 0.15) is 6.42 Å². The zero-order valence-corrected chi connectivity index (χ0v) is 21.5. The summed E-state index contributed by atoms with van der Waals surface area (Å²) in [6, 6.07) is 5.82. The number of piperazine rings is 1. The number of alkyl halides is 3. The van der Waals surface area contributed by atoms with Gasteiger partial charge in [0.05, 0.1) is 16.4 Å². The molecule has 4 rings (SSSR count). The smallest absolute Gasteiger partial charge is 0.367 e. The second kappa shape index (κ2) is 10.5. The van der Waals surface area contributed by atoms with Crippen molar-refractivity contribution in [2.24, 2.45) is 0 Å². The van der Waals surface area contributed by atoms with Crippen LogP contribution < -0.4 is 10.2 Å². The summed E-state index contributed by atoms with van der Waals surface area (Å²) in [6.07, 6.45) is -4.67. The number of carbonyl (C=O) groups is 1. The summed E-state index contributed by atoms with van der Waals surface area (Å²) < 4.78 is 42.7. The zero-order valence-electron chi connectivity index (χ0n) is 20.7. The fourth-order valence-electron chi connectivity index (χ4n) is 4.74. The van der Waals surface area contributed by atoms with Crippen LogP contribution in [0.2, 0.25) is 5.02 Å². The van der Waals surface area contributed by atoms with E-state index in [1.165, 1.54) is 0 Å². The van der Waals surface area contributed by atoms with Crippen molar-refractivity contribution < 1.29 is 22.5 Å². The lowest BCUT2D eigenvalue weighted by atomic mass is 9.80. The lowest BCUT2D eigenvalue weighted by Gasteiger charge is -2.39. The first-order valence-electron chi connectivity index (χ1n) is 12.2. The van der Waals surface area contributed by atoms with Gasteiger partial charge in [0.25, 0.3) is 0 Å². The van der Waals surface area contributed by atoms with E-state index in [0.717, 1.165) is 31.9 Å². The second-order valence-corrected chi connectivity index (χ2v) is 10.4. The zero-order chi connectivity index (χ0) is 26.1. The van der Waals surface area contributed by atoms with E-state index in [4.69, 9.17) is 16.1 Å². The van der Waals surface area contributed by atoms with Crippen molar-refractivity contribution in [3.8, 4) is 0 Å². The molecular formula is C24H32ClF3N6O2. The van der Waals surface area contributed by atoms with Gasteiger partial charge in [-0.2, -0.15) is 18.2 Å². The van der Waals surface area contributed by atoms with Gasteiger partial charge in [-0.3, -0.25) is 4.90 Å². The Bertz CT molecular complexity index is 1060. The summed E-state index contributed by atoms with van der Waals surface area (Å²) in [6.45, 7) is 10.6. The van der Waals surface area contributed by atoms with Crippen LogP contribution in [0.15, 0.2) is 22.7 Å². The van der Waals surface area contributed by atoms with Crippen LogP contribution in [-0.4, -0.2) is 77.5 Å². The van der Waals surface area contributed by atoms with Crippen molar-refractivity contribution in [1.29, 1.82) is 0 Å². The fraction of sp³-hybridized carbons (Fsp3) is 0.625. The predicted octanol–water partition coefficient (Wildman–Crippen LogP) is 4.94. The fourth-order valence-corrected chi connectivity index (χ4v) is 4.95. The number of carbonyl (C=O) groups excluding carboxylic acids is 1. The van der Waals surface area contributed by atoms with Crippen molar-refractivity contribution in [2.75, 3.05) is 49.5 Å². The molecule has 36 heavy (non-hydrogen) atoms. The van der Waals surface area contributed by atoms with Gasteiger partial charge in [0, 0.05) is 50.7 Å². The molecule has 0 atom stereocenters. The van der Waals surface area contributed by atoms with Gasteiger partial charge in [0.2, 0.25) is 5.89 Å². The molecule has 3 heterocycles. The SMILES string of the molecule is CC(C)N1CCN(c2cccc(Cl)c2NC(=O)N2CCC(C)(c3noc(CC(F)(F)F)n3)CC2)CC1. The molecule has 0 saturated carbocycles. The quantitative estimate of drug-likeness (QED) is 0.592. The van der Waals surface area contributed by atoms with Gasteiger partial charge in [0.15, 0.2) is 5.82 Å². The molecule has 12 heteroatoms. The summed E-state index contributed by atoms with van der Waals surface area (Å²) in [4.78, 5) is 23.5. The number of nitrogens with zero attached hydrogens (tertiary/aromatic N) is 5. The third kappa shape index (κ3) is 6.05. The Morgan fingerprint density at radius 3 is 2.44 bits per heavy atom. The summed E-state index contributed by atoms with van der Waals surface area (Å²) in [5.41, 5.74) is 0.908. The molecule has 0 bridgehead atoms. The predicted molar refractivity (Wildman–Crippen MR) is 132 cm³/mol. The molecule has 2 aliphatic rings. The Hall–Kier alpha value is -2.53. The highest BCUT2D eigenvalue weighted by atomic mass is 35.5. The average molecular weight is 529 g/mol. The average Bonchev–Trinajstić information content (AvgIpc) is 3.28. The minimum absolute atomic E-state index is 0.246. The van der Waals surface area contributed by atoms with Gasteiger partial charge in [-0.25, -0.2) is 4.79 Å². The molecule has 1 N–H and O–H groups in total. The molecule has 2 aliphatic heterocycles. The van der Waals surface area contributed by atoms with E-state index in [9.17, 15) is 18.0 Å². The Morgan fingerprint density at radius 2 is 1.83 bits per heavy atom. The normalized spacial score (nSPS) is 19.1. The van der Waals surface area contributed by atoms with Crippen LogP contribution in [-0.2, 0) is 11.8 Å². The number of piperidine rings is 1. The van der Waals surface area contributed by atoms with E-state index in [1.54, 1.807) is 11.0 Å². The highest BCUT2D eigenvalue weighted by Crippen LogP contribution is 2.36. The molecule has 0 spiro atoms. The highest BCUT2D eigenvalue weighted by molar-refractivity contribution is 6.34. The maximum Gasteiger partial charge on any atom is 0.397 e. The number of hydrogen-bond donors (Lipinski definition) is 1. The third-order valence-electron chi connectivity index (χ3n) is 7.12. The molecule has 0 radical (unpaired) electrons. The first kappa shape index (κ1) is 26.5. The molecule has 2 saturated heterocycles. The van der Waals surface area contributed by atoms with Crippen molar-refractivity contribution in [3.05, 3.63) is 34.9 Å². The molecule has 2 aromatic rings. The Kier molecular flexibility index (Phi) is 7.70. The molecule has 2 amide bonds. The van der Waals surface area contributed by atoms with Gasteiger partial charge in [-0.15, -0.1) is 0 Å². The third-order valence-corrected chi connectivity index (χ3v) is 7.44. The van der Waals surface area contributed by atoms with Crippen LogP contribution in [0.1, 0.15) is 45.3 Å². The molecule has 0 unspecified atom stereocenters. The molecule has 2 fully saturated rings. The number of benzene rings is 1. The summed E-state index contributed by atoms with van der Waals surface area (Å²) in [7, 11) is 0. The minimum Gasteiger partial charge on any atom is -0.367 e. The summed E-state index contributed by atoms with van der Waals surface area (Å²) in [5, 5.41) is 7.27. The summed E-state index contributed by atoms with van der Waals surface area (Å²) in [5.74, 6) is -0.199. The van der Waals surface area contributed by atoms with Crippen LogP contribution in [0.5, 0.6) is 0 Å². The van der Waals surface area contributed by atoms with Crippen molar-refractivity contribution in [2.45, 2.75) is 57.7 Å². The molecule has 198 valence electrons. The van der Waals surface area contributed by atoms with Gasteiger partial charge in [-0.1, -0.05) is 29.7 Å². The number of para-hydroxylation sites is 1. The van der Waals surface area contributed by atoms with Crippen LogP contribution >= 0.6 is 11.6 Å². The molecule has 8 nitrogen and oxygen atoms in total. The number of hydrogen-bond acceptors (Lipinski definition) is 6. The summed E-state index contributed by atoms with van der Waals surface area (Å²) >= 11 is 6.51. The Labute approximate surface area is 213 Å². The van der Waals surface area contributed by atoms with Crippen LogP contribution in [0.4, 0.5) is 29.3 Å². The van der Waals surface area contributed by atoms with E-state index >= 15 is 0 Å². The number of likely N-dealkylation sites (tertiary alicyclic amines) is 1. The van der Waals surface area contributed by atoms with E-state index in [1.807, 2.05) is 19.1 Å². The van der Waals surface area contributed by atoms with Crippen molar-refractivity contribution >= 4 is 29.0 Å². The van der Waals surface area contributed by atoms with Crippen molar-refractivity contribution in [1.82, 2.24) is 19.9 Å². The van der Waals surface area contributed by atoms with E-state index in [2.05, 4.69) is 39.1 Å². The monoisotopic (exact) mass is 528 g/mol. The number of aromatic nitrogens is 2. The highest BCUT2D eigenvalue weighted by Gasteiger charge is 2.39. The van der Waals surface area contributed by atoms with Gasteiger partial charge < -0.3 is 19.6 Å². The first-order valence-corrected chi connectivity index (χ1v) is 12.6. The van der Waals surface area contributed by atoms with Crippen LogP contribution in [0.25, 0.3) is 0 Å². The Morgan fingerprint density at radius 1 is 1.17 bits per heavy atom. The maximum absolute atomic E-state index is 13.2. The standard InChI is InChI=1S/C24H32ClF3N6O2/c1-16(2)32-11-13-33(14-12-32)18-6-4-5-17(25)20(18)30-22(35)34-9-7-23(3,8-10-34)21-29-19(36-31-21)15-24(26,27)28/h4-6,16H,7-15H2,1-3H3,(H,30,35). The topological polar surface area (TPSA) is 77.7 Å². The number of amides is 2. The number of nitrogens with one attached hydrogen (secondary N) is 1. The first-order chi connectivity index (χ1) is 16.9. The van der Waals surface area contributed by atoms with E-state index < -0.39 is 23.9 Å². The minimum atomic E-state index is -4.41. The second-order valence-electron chi connectivity index (χ2n) is 10.0. The Balaban J connectivity index is 1.39. The number of urea groups is 1. The van der Waals surface area contributed by atoms with E-state index in [0.29, 0.717) is 42.7 Å². The molecule has 1 aromatic carbocycles. The number of rotatable bonds is 5. The van der Waals surface area contributed by atoms with Crippen molar-refractivity contribution in [3.63, 3.8) is 0 Å². The van der Waals surface area contributed by atoms with Crippen LogP contribution in [0.3, 0.4) is 0 Å². The maximum atomic E-state index is 13.2.